The van der Waals surface area contributed by atoms with Gasteiger partial charge < -0.3 is 15.2 Å². The van der Waals surface area contributed by atoms with Crippen LogP contribution in [-0.2, 0) is 20.7 Å². The number of amides is 1. The standard InChI is InChI=1S/C20H23NO4/c1-25-14-18(20(23)24)21-19(22)13-17(16-10-6-3-7-11-16)12-15-8-4-2-5-9-15/h2-11,17-18H,12-14H2,1H3,(H,21,22)(H,23,24). The normalized spacial score (nSPS) is 13.0. The number of carboxylic acid groups (broad SMARTS) is 1. The van der Waals surface area contributed by atoms with Crippen LogP contribution in [0.2, 0.25) is 0 Å². The average molecular weight is 341 g/mol. The lowest BCUT2D eigenvalue weighted by Crippen LogP contribution is -2.44. The number of carbonyl (C=O) groups excluding carboxylic acids is 1. The molecule has 5 nitrogen and oxygen atoms in total. The summed E-state index contributed by atoms with van der Waals surface area (Å²) in [6.07, 6.45) is 0.923. The number of ether oxygens (including phenoxy) is 1. The first-order valence-electron chi connectivity index (χ1n) is 8.20. The van der Waals surface area contributed by atoms with Crippen molar-refractivity contribution in [3.05, 3.63) is 71.8 Å². The summed E-state index contributed by atoms with van der Waals surface area (Å²) >= 11 is 0. The largest absolute Gasteiger partial charge is 0.480 e. The molecule has 25 heavy (non-hydrogen) atoms. The summed E-state index contributed by atoms with van der Waals surface area (Å²) in [5, 5.41) is 11.7. The van der Waals surface area contributed by atoms with E-state index >= 15 is 0 Å². The fourth-order valence-electron chi connectivity index (χ4n) is 2.75. The molecule has 1 amide bonds. The maximum absolute atomic E-state index is 12.4. The summed E-state index contributed by atoms with van der Waals surface area (Å²) in [6, 6.07) is 18.7. The predicted octanol–water partition coefficient (Wildman–Crippen LogP) is 2.62. The van der Waals surface area contributed by atoms with Gasteiger partial charge in [0.05, 0.1) is 6.61 Å². The summed E-state index contributed by atoms with van der Waals surface area (Å²) in [4.78, 5) is 23.6. The van der Waals surface area contributed by atoms with Gasteiger partial charge in [0.1, 0.15) is 0 Å². The van der Waals surface area contributed by atoms with Crippen LogP contribution in [0.5, 0.6) is 0 Å². The number of methoxy groups -OCH3 is 1. The SMILES string of the molecule is COCC(NC(=O)CC(Cc1ccccc1)c1ccccc1)C(=O)O. The Hall–Kier alpha value is -2.66. The quantitative estimate of drug-likeness (QED) is 0.735. The molecule has 0 heterocycles. The van der Waals surface area contributed by atoms with E-state index in [2.05, 4.69) is 5.32 Å². The van der Waals surface area contributed by atoms with Crippen LogP contribution < -0.4 is 5.32 Å². The molecular formula is C20H23NO4. The van der Waals surface area contributed by atoms with E-state index in [9.17, 15) is 9.59 Å². The van der Waals surface area contributed by atoms with Crippen molar-refractivity contribution in [1.82, 2.24) is 5.32 Å². The number of carboxylic acids is 1. The second-order valence-corrected chi connectivity index (χ2v) is 5.92. The molecule has 0 aliphatic heterocycles. The van der Waals surface area contributed by atoms with Gasteiger partial charge >= 0.3 is 5.97 Å². The van der Waals surface area contributed by atoms with Crippen LogP contribution in [0, 0.1) is 0 Å². The monoisotopic (exact) mass is 341 g/mol. The molecule has 0 aliphatic rings. The van der Waals surface area contributed by atoms with Crippen LogP contribution >= 0.6 is 0 Å². The third kappa shape index (κ3) is 6.04. The summed E-state index contributed by atoms with van der Waals surface area (Å²) < 4.78 is 4.86. The van der Waals surface area contributed by atoms with E-state index in [-0.39, 0.29) is 24.9 Å². The fraction of sp³-hybridized carbons (Fsp3) is 0.300. The van der Waals surface area contributed by atoms with Gasteiger partial charge in [0, 0.05) is 13.5 Å². The van der Waals surface area contributed by atoms with Crippen LogP contribution in [0.1, 0.15) is 23.5 Å². The van der Waals surface area contributed by atoms with E-state index in [1.165, 1.54) is 7.11 Å². The predicted molar refractivity (Wildman–Crippen MR) is 95.4 cm³/mol. The number of hydrogen-bond acceptors (Lipinski definition) is 3. The Bertz CT molecular complexity index is 673. The number of rotatable bonds is 9. The maximum atomic E-state index is 12.4. The van der Waals surface area contributed by atoms with Gasteiger partial charge in [0.15, 0.2) is 6.04 Å². The Balaban J connectivity index is 2.10. The third-order valence-corrected chi connectivity index (χ3v) is 3.99. The van der Waals surface area contributed by atoms with Crippen LogP contribution in [-0.4, -0.2) is 36.7 Å². The highest BCUT2D eigenvalue weighted by molar-refractivity contribution is 5.84. The molecule has 2 unspecified atom stereocenters. The minimum Gasteiger partial charge on any atom is -0.480 e. The van der Waals surface area contributed by atoms with Gasteiger partial charge in [-0.2, -0.15) is 0 Å². The van der Waals surface area contributed by atoms with Crippen molar-refractivity contribution in [3.8, 4) is 0 Å². The molecule has 2 aromatic carbocycles. The minimum absolute atomic E-state index is 0.0272. The smallest absolute Gasteiger partial charge is 0.328 e. The minimum atomic E-state index is -1.10. The summed E-state index contributed by atoms with van der Waals surface area (Å²) in [7, 11) is 1.41. The number of benzene rings is 2. The van der Waals surface area contributed by atoms with E-state index in [4.69, 9.17) is 9.84 Å². The molecule has 0 aromatic heterocycles. The molecule has 0 fully saturated rings. The van der Waals surface area contributed by atoms with E-state index in [1.54, 1.807) is 0 Å². The van der Waals surface area contributed by atoms with Crippen LogP contribution in [0.3, 0.4) is 0 Å². The summed E-state index contributed by atoms with van der Waals surface area (Å²) in [5.41, 5.74) is 2.19. The molecular weight excluding hydrogens is 318 g/mol. The van der Waals surface area contributed by atoms with Gasteiger partial charge in [-0.1, -0.05) is 60.7 Å². The molecule has 0 radical (unpaired) electrons. The average Bonchev–Trinajstić information content (AvgIpc) is 2.62. The first-order valence-corrected chi connectivity index (χ1v) is 8.20. The highest BCUT2D eigenvalue weighted by Crippen LogP contribution is 2.24. The third-order valence-electron chi connectivity index (χ3n) is 3.99. The zero-order chi connectivity index (χ0) is 18.1. The zero-order valence-corrected chi connectivity index (χ0v) is 14.2. The van der Waals surface area contributed by atoms with Crippen molar-refractivity contribution >= 4 is 11.9 Å². The number of hydrogen-bond donors (Lipinski definition) is 2. The van der Waals surface area contributed by atoms with Crippen molar-refractivity contribution in [1.29, 1.82) is 0 Å². The Morgan fingerprint density at radius 2 is 1.64 bits per heavy atom. The zero-order valence-electron chi connectivity index (χ0n) is 14.2. The fourth-order valence-corrected chi connectivity index (χ4v) is 2.75. The van der Waals surface area contributed by atoms with Crippen molar-refractivity contribution < 1.29 is 19.4 Å². The molecule has 2 atom stereocenters. The van der Waals surface area contributed by atoms with Crippen molar-refractivity contribution in [2.75, 3.05) is 13.7 Å². The topological polar surface area (TPSA) is 75.6 Å². The number of carbonyl (C=O) groups is 2. The first-order chi connectivity index (χ1) is 12.1. The highest BCUT2D eigenvalue weighted by atomic mass is 16.5. The molecule has 2 N–H and O–H groups in total. The highest BCUT2D eigenvalue weighted by Gasteiger charge is 2.22. The van der Waals surface area contributed by atoms with E-state index in [1.807, 2.05) is 60.7 Å². The molecule has 0 aliphatic carbocycles. The van der Waals surface area contributed by atoms with Crippen molar-refractivity contribution in [3.63, 3.8) is 0 Å². The maximum Gasteiger partial charge on any atom is 0.328 e. The molecule has 0 spiro atoms. The van der Waals surface area contributed by atoms with Crippen molar-refractivity contribution in [2.24, 2.45) is 0 Å². The lowest BCUT2D eigenvalue weighted by molar-refractivity contribution is -0.143. The van der Waals surface area contributed by atoms with Crippen molar-refractivity contribution in [2.45, 2.75) is 24.8 Å². The van der Waals surface area contributed by atoms with Crippen LogP contribution in [0.25, 0.3) is 0 Å². The number of nitrogens with one attached hydrogen (secondary N) is 1. The Morgan fingerprint density at radius 1 is 1.04 bits per heavy atom. The lowest BCUT2D eigenvalue weighted by atomic mass is 9.89. The van der Waals surface area contributed by atoms with Gasteiger partial charge in [-0.3, -0.25) is 4.79 Å². The summed E-state index contributed by atoms with van der Waals surface area (Å²) in [5.74, 6) is -1.43. The second-order valence-electron chi connectivity index (χ2n) is 5.92. The molecule has 0 saturated heterocycles. The van der Waals surface area contributed by atoms with E-state index in [0.717, 1.165) is 11.1 Å². The molecule has 132 valence electrons. The molecule has 2 rings (SSSR count). The van der Waals surface area contributed by atoms with Gasteiger partial charge in [0.25, 0.3) is 0 Å². The Labute approximate surface area is 147 Å². The molecule has 0 saturated carbocycles. The summed E-state index contributed by atoms with van der Waals surface area (Å²) in [6.45, 7) is -0.0598. The Kier molecular flexibility index (Phi) is 7.16. The molecule has 5 heteroatoms. The van der Waals surface area contributed by atoms with Gasteiger partial charge in [-0.15, -0.1) is 0 Å². The number of aliphatic carboxylic acids is 1. The van der Waals surface area contributed by atoms with Gasteiger partial charge in [-0.05, 0) is 23.5 Å². The van der Waals surface area contributed by atoms with E-state index in [0.29, 0.717) is 6.42 Å². The van der Waals surface area contributed by atoms with Crippen LogP contribution in [0.15, 0.2) is 60.7 Å². The first kappa shape index (κ1) is 18.7. The van der Waals surface area contributed by atoms with E-state index < -0.39 is 12.0 Å². The van der Waals surface area contributed by atoms with Gasteiger partial charge in [-0.25, -0.2) is 4.79 Å². The van der Waals surface area contributed by atoms with Crippen LogP contribution in [0.4, 0.5) is 0 Å². The lowest BCUT2D eigenvalue weighted by Gasteiger charge is -2.19. The van der Waals surface area contributed by atoms with Gasteiger partial charge in [0.2, 0.25) is 5.91 Å². The second kappa shape index (κ2) is 9.59. The molecule has 0 bridgehead atoms. The Morgan fingerprint density at radius 3 is 2.20 bits per heavy atom. The molecule has 2 aromatic rings.